The fourth-order valence-corrected chi connectivity index (χ4v) is 2.08. The van der Waals surface area contributed by atoms with Crippen LogP contribution in [0, 0.1) is 0 Å². The Bertz CT molecular complexity index is 569. The van der Waals surface area contributed by atoms with Crippen molar-refractivity contribution in [3.8, 4) is 0 Å². The van der Waals surface area contributed by atoms with Crippen LogP contribution >= 0.6 is 0 Å². The normalized spacial score (nSPS) is 10.3. The molecule has 0 bridgehead atoms. The highest BCUT2D eigenvalue weighted by molar-refractivity contribution is 5.78. The topological polar surface area (TPSA) is 59.2 Å². The lowest BCUT2D eigenvalue weighted by molar-refractivity contribution is -0.129. The van der Waals surface area contributed by atoms with Crippen molar-refractivity contribution in [3.05, 3.63) is 65.5 Å². The first-order valence-corrected chi connectivity index (χ1v) is 6.60. The largest absolute Gasteiger partial charge is 0.341 e. The third kappa shape index (κ3) is 3.65. The van der Waals surface area contributed by atoms with Crippen molar-refractivity contribution in [2.24, 2.45) is 5.73 Å². The average molecular weight is 269 g/mol. The van der Waals surface area contributed by atoms with E-state index >= 15 is 0 Å². The summed E-state index contributed by atoms with van der Waals surface area (Å²) >= 11 is 0. The van der Waals surface area contributed by atoms with Crippen molar-refractivity contribution in [2.75, 3.05) is 7.05 Å². The summed E-state index contributed by atoms with van der Waals surface area (Å²) < 4.78 is 0. The third-order valence-electron chi connectivity index (χ3n) is 3.27. The Balaban J connectivity index is 2.01. The molecule has 0 radical (unpaired) electrons. The van der Waals surface area contributed by atoms with Crippen LogP contribution in [0.5, 0.6) is 0 Å². The van der Waals surface area contributed by atoms with E-state index in [1.165, 1.54) is 0 Å². The zero-order valence-corrected chi connectivity index (χ0v) is 11.6. The maximum Gasteiger partial charge on any atom is 0.227 e. The van der Waals surface area contributed by atoms with Gasteiger partial charge in [-0.2, -0.15) is 0 Å². The van der Waals surface area contributed by atoms with Gasteiger partial charge in [0, 0.05) is 32.5 Å². The van der Waals surface area contributed by atoms with Gasteiger partial charge in [0.05, 0.1) is 6.42 Å². The molecule has 0 aliphatic carbocycles. The monoisotopic (exact) mass is 269 g/mol. The molecular formula is C16H19N3O. The van der Waals surface area contributed by atoms with Gasteiger partial charge in [-0.15, -0.1) is 0 Å². The number of carbonyl (C=O) groups is 1. The van der Waals surface area contributed by atoms with Crippen LogP contribution in [-0.4, -0.2) is 22.8 Å². The van der Waals surface area contributed by atoms with Crippen LogP contribution in [-0.2, 0) is 24.3 Å². The second kappa shape index (κ2) is 6.82. The molecule has 0 atom stereocenters. The van der Waals surface area contributed by atoms with Crippen LogP contribution in [0.3, 0.4) is 0 Å². The van der Waals surface area contributed by atoms with Gasteiger partial charge in [-0.1, -0.05) is 24.3 Å². The molecule has 0 unspecified atom stereocenters. The summed E-state index contributed by atoms with van der Waals surface area (Å²) in [6, 6.07) is 11.6. The van der Waals surface area contributed by atoms with Crippen LogP contribution in [0.2, 0.25) is 0 Å². The molecule has 1 aromatic heterocycles. The van der Waals surface area contributed by atoms with Gasteiger partial charge in [0.25, 0.3) is 0 Å². The standard InChI is InChI=1S/C16H19N3O/c1-19(12-13-6-8-18-9-7-13)16(20)10-14-4-2-3-5-15(14)11-17/h2-9H,10-12,17H2,1H3. The molecule has 4 heteroatoms. The summed E-state index contributed by atoms with van der Waals surface area (Å²) in [7, 11) is 1.81. The minimum absolute atomic E-state index is 0.0858. The number of rotatable bonds is 5. The first-order valence-electron chi connectivity index (χ1n) is 6.60. The number of benzene rings is 1. The Morgan fingerprint density at radius 3 is 2.45 bits per heavy atom. The number of amides is 1. The maximum absolute atomic E-state index is 12.3. The number of pyridine rings is 1. The molecule has 0 saturated heterocycles. The molecule has 2 aromatic rings. The van der Waals surface area contributed by atoms with Crippen molar-refractivity contribution in [1.29, 1.82) is 0 Å². The summed E-state index contributed by atoms with van der Waals surface area (Å²) in [6.07, 6.45) is 3.85. The summed E-state index contributed by atoms with van der Waals surface area (Å²) in [5.41, 5.74) is 8.79. The Morgan fingerprint density at radius 2 is 1.80 bits per heavy atom. The number of aromatic nitrogens is 1. The third-order valence-corrected chi connectivity index (χ3v) is 3.27. The number of nitrogens with zero attached hydrogens (tertiary/aromatic N) is 2. The second-order valence-electron chi connectivity index (χ2n) is 4.75. The van der Waals surface area contributed by atoms with Crippen molar-refractivity contribution in [3.63, 3.8) is 0 Å². The highest BCUT2D eigenvalue weighted by Crippen LogP contribution is 2.11. The fraction of sp³-hybridized carbons (Fsp3) is 0.250. The molecule has 20 heavy (non-hydrogen) atoms. The smallest absolute Gasteiger partial charge is 0.227 e. The van der Waals surface area contributed by atoms with Crippen LogP contribution in [0.15, 0.2) is 48.8 Å². The molecular weight excluding hydrogens is 250 g/mol. The van der Waals surface area contributed by atoms with E-state index < -0.39 is 0 Å². The summed E-state index contributed by atoms with van der Waals surface area (Å²) in [4.78, 5) is 17.9. The van der Waals surface area contributed by atoms with Crippen molar-refractivity contribution in [1.82, 2.24) is 9.88 Å². The second-order valence-corrected chi connectivity index (χ2v) is 4.75. The van der Waals surface area contributed by atoms with Gasteiger partial charge in [0.1, 0.15) is 0 Å². The Labute approximate surface area is 119 Å². The molecule has 2 N–H and O–H groups in total. The number of carbonyl (C=O) groups excluding carboxylic acids is 1. The molecule has 1 aromatic carbocycles. The average Bonchev–Trinajstić information content (AvgIpc) is 2.48. The molecule has 0 aliphatic rings. The predicted octanol–water partition coefficient (Wildman–Crippen LogP) is 1.74. The molecule has 1 heterocycles. The first-order chi connectivity index (χ1) is 9.70. The SMILES string of the molecule is CN(Cc1ccncc1)C(=O)Cc1ccccc1CN. The highest BCUT2D eigenvalue weighted by atomic mass is 16.2. The summed E-state index contributed by atoms with van der Waals surface area (Å²) in [5.74, 6) is 0.0858. The van der Waals surface area contributed by atoms with E-state index in [9.17, 15) is 4.79 Å². The predicted molar refractivity (Wildman–Crippen MR) is 78.7 cm³/mol. The van der Waals surface area contributed by atoms with Gasteiger partial charge >= 0.3 is 0 Å². The van der Waals surface area contributed by atoms with E-state index in [0.717, 1.165) is 16.7 Å². The Morgan fingerprint density at radius 1 is 1.15 bits per heavy atom. The lowest BCUT2D eigenvalue weighted by atomic mass is 10.0. The molecule has 104 valence electrons. The number of hydrogen-bond donors (Lipinski definition) is 1. The number of hydrogen-bond acceptors (Lipinski definition) is 3. The number of likely N-dealkylation sites (N-methyl/N-ethyl adjacent to an activating group) is 1. The minimum atomic E-state index is 0.0858. The van der Waals surface area contributed by atoms with Crippen LogP contribution in [0.4, 0.5) is 0 Å². The zero-order chi connectivity index (χ0) is 14.4. The van der Waals surface area contributed by atoms with Gasteiger partial charge < -0.3 is 10.6 Å². The summed E-state index contributed by atoms with van der Waals surface area (Å²) in [6.45, 7) is 1.05. The van der Waals surface area contributed by atoms with Crippen molar-refractivity contribution in [2.45, 2.75) is 19.5 Å². The fourth-order valence-electron chi connectivity index (χ4n) is 2.08. The van der Waals surface area contributed by atoms with Crippen LogP contribution < -0.4 is 5.73 Å². The van der Waals surface area contributed by atoms with E-state index in [0.29, 0.717) is 19.5 Å². The molecule has 0 aliphatic heterocycles. The Kier molecular flexibility index (Phi) is 4.85. The molecule has 4 nitrogen and oxygen atoms in total. The highest BCUT2D eigenvalue weighted by Gasteiger charge is 2.12. The quantitative estimate of drug-likeness (QED) is 0.899. The molecule has 0 spiro atoms. The van der Waals surface area contributed by atoms with E-state index in [4.69, 9.17) is 5.73 Å². The van der Waals surface area contributed by atoms with E-state index in [1.54, 1.807) is 17.3 Å². The van der Waals surface area contributed by atoms with Gasteiger partial charge in [0.15, 0.2) is 0 Å². The Hall–Kier alpha value is -2.20. The van der Waals surface area contributed by atoms with Crippen molar-refractivity contribution < 1.29 is 4.79 Å². The van der Waals surface area contributed by atoms with Crippen LogP contribution in [0.25, 0.3) is 0 Å². The molecule has 2 rings (SSSR count). The maximum atomic E-state index is 12.3. The minimum Gasteiger partial charge on any atom is -0.341 e. The van der Waals surface area contributed by atoms with Gasteiger partial charge in [-0.05, 0) is 28.8 Å². The molecule has 1 amide bonds. The van der Waals surface area contributed by atoms with Crippen molar-refractivity contribution >= 4 is 5.91 Å². The van der Waals surface area contributed by atoms with E-state index in [1.807, 2.05) is 43.4 Å². The van der Waals surface area contributed by atoms with E-state index in [-0.39, 0.29) is 5.91 Å². The summed E-state index contributed by atoms with van der Waals surface area (Å²) in [5, 5.41) is 0. The van der Waals surface area contributed by atoms with Crippen LogP contribution in [0.1, 0.15) is 16.7 Å². The first kappa shape index (κ1) is 14.2. The van der Waals surface area contributed by atoms with Gasteiger partial charge in [-0.3, -0.25) is 9.78 Å². The van der Waals surface area contributed by atoms with Gasteiger partial charge in [-0.25, -0.2) is 0 Å². The zero-order valence-electron chi connectivity index (χ0n) is 11.6. The van der Waals surface area contributed by atoms with E-state index in [2.05, 4.69) is 4.98 Å². The molecule has 0 saturated carbocycles. The number of nitrogens with two attached hydrogens (primary N) is 1. The lowest BCUT2D eigenvalue weighted by Gasteiger charge is -2.18. The van der Waals surface area contributed by atoms with Gasteiger partial charge in [0.2, 0.25) is 5.91 Å². The lowest BCUT2D eigenvalue weighted by Crippen LogP contribution is -2.28. The molecule has 0 fully saturated rings.